The second-order valence-electron chi connectivity index (χ2n) is 9.08. The third kappa shape index (κ3) is 4.60. The Morgan fingerprint density at radius 2 is 1.49 bits per heavy atom. The van der Waals surface area contributed by atoms with Crippen LogP contribution in [0.25, 0.3) is 0 Å². The van der Waals surface area contributed by atoms with Crippen LogP contribution in [0.2, 0.25) is 0 Å². The Morgan fingerprint density at radius 1 is 0.829 bits per heavy atom. The van der Waals surface area contributed by atoms with Crippen molar-refractivity contribution >= 4 is 5.69 Å². The molecule has 2 heterocycles. The van der Waals surface area contributed by atoms with Gasteiger partial charge in [-0.25, -0.2) is 4.68 Å². The predicted octanol–water partition coefficient (Wildman–Crippen LogP) is 6.37. The average Bonchev–Trinajstić information content (AvgIpc) is 3.32. The number of tetrazole rings is 1. The van der Waals surface area contributed by atoms with Crippen LogP contribution in [0.4, 0.5) is 32.0 Å². The van der Waals surface area contributed by atoms with E-state index in [1.807, 2.05) is 18.2 Å². The van der Waals surface area contributed by atoms with Gasteiger partial charge in [-0.1, -0.05) is 43.5 Å². The van der Waals surface area contributed by atoms with Gasteiger partial charge < -0.3 is 4.90 Å². The van der Waals surface area contributed by atoms with Crippen molar-refractivity contribution in [1.82, 2.24) is 20.2 Å². The summed E-state index contributed by atoms with van der Waals surface area (Å²) in [5, 5.41) is 12.3. The van der Waals surface area contributed by atoms with E-state index in [-0.39, 0.29) is 24.3 Å². The molecular weight excluding hydrogens is 472 g/mol. The van der Waals surface area contributed by atoms with E-state index < -0.39 is 29.5 Å². The van der Waals surface area contributed by atoms with Crippen molar-refractivity contribution < 1.29 is 26.3 Å². The number of nitrogens with zero attached hydrogens (tertiary/aromatic N) is 5. The van der Waals surface area contributed by atoms with Crippen molar-refractivity contribution in [2.75, 3.05) is 11.4 Å². The number of rotatable bonds is 3. The molecule has 0 N–H and O–H groups in total. The standard InChI is InChI=1S/C24H23F6N5/c25-23(26,27)16-12-17(24(28,29)30)14-19(13-16)34-11-10-15-6-4-5-9-20(15)21(34)22-31-32-33-35(22)18-7-2-1-3-8-18/h4-6,9,12-14,18,21H,1-3,7-8,10-11H2/t21-/m1/s1. The van der Waals surface area contributed by atoms with Crippen LogP contribution >= 0.6 is 0 Å². The van der Waals surface area contributed by atoms with Crippen LogP contribution in [0.3, 0.4) is 0 Å². The lowest BCUT2D eigenvalue weighted by atomic mass is 9.90. The Bertz CT molecular complexity index is 1160. The normalized spacial score (nSPS) is 19.6. The molecule has 1 fully saturated rings. The maximum absolute atomic E-state index is 13.6. The van der Waals surface area contributed by atoms with Gasteiger partial charge in [-0.05, 0) is 59.0 Å². The van der Waals surface area contributed by atoms with Gasteiger partial charge in [0.05, 0.1) is 17.2 Å². The molecule has 1 aromatic heterocycles. The first-order chi connectivity index (χ1) is 16.6. The fourth-order valence-electron chi connectivity index (χ4n) is 5.19. The maximum Gasteiger partial charge on any atom is 0.416 e. The Balaban J connectivity index is 1.67. The maximum atomic E-state index is 13.6. The van der Waals surface area contributed by atoms with E-state index in [4.69, 9.17) is 0 Å². The largest absolute Gasteiger partial charge is 0.416 e. The molecule has 0 saturated heterocycles. The van der Waals surface area contributed by atoms with Gasteiger partial charge in [-0.15, -0.1) is 5.10 Å². The van der Waals surface area contributed by atoms with Gasteiger partial charge in [0.15, 0.2) is 5.82 Å². The highest BCUT2D eigenvalue weighted by Gasteiger charge is 2.40. The molecule has 1 aliphatic heterocycles. The summed E-state index contributed by atoms with van der Waals surface area (Å²) in [6.07, 6.45) is -4.52. The van der Waals surface area contributed by atoms with Crippen LogP contribution in [-0.4, -0.2) is 26.8 Å². The zero-order valence-electron chi connectivity index (χ0n) is 18.6. The molecule has 0 radical (unpaired) electrons. The number of anilines is 1. The molecule has 2 aliphatic rings. The molecule has 1 atom stereocenters. The minimum atomic E-state index is -4.93. The first kappa shape index (κ1) is 23.6. The summed E-state index contributed by atoms with van der Waals surface area (Å²) in [7, 11) is 0. The molecular formula is C24H23F6N5. The van der Waals surface area contributed by atoms with Crippen molar-refractivity contribution in [2.45, 2.75) is 63.0 Å². The zero-order valence-corrected chi connectivity index (χ0v) is 18.6. The van der Waals surface area contributed by atoms with Gasteiger partial charge in [0.2, 0.25) is 0 Å². The lowest BCUT2D eigenvalue weighted by Gasteiger charge is -2.39. The van der Waals surface area contributed by atoms with E-state index in [1.165, 1.54) is 0 Å². The van der Waals surface area contributed by atoms with Gasteiger partial charge in [0.1, 0.15) is 6.04 Å². The smallest absolute Gasteiger partial charge is 0.357 e. The zero-order chi connectivity index (χ0) is 24.8. The van der Waals surface area contributed by atoms with E-state index in [9.17, 15) is 26.3 Å². The molecule has 2 aromatic carbocycles. The predicted molar refractivity (Wildman–Crippen MR) is 116 cm³/mol. The molecule has 1 saturated carbocycles. The lowest BCUT2D eigenvalue weighted by Crippen LogP contribution is -2.38. The van der Waals surface area contributed by atoms with Crippen molar-refractivity contribution in [2.24, 2.45) is 0 Å². The number of halogens is 6. The van der Waals surface area contributed by atoms with E-state index >= 15 is 0 Å². The molecule has 3 aromatic rings. The summed E-state index contributed by atoms with van der Waals surface area (Å²) in [5.74, 6) is 0.426. The van der Waals surface area contributed by atoms with Crippen molar-refractivity contribution in [3.8, 4) is 0 Å². The van der Waals surface area contributed by atoms with Crippen molar-refractivity contribution in [3.63, 3.8) is 0 Å². The highest BCUT2D eigenvalue weighted by atomic mass is 19.4. The first-order valence-corrected chi connectivity index (χ1v) is 11.5. The topological polar surface area (TPSA) is 46.8 Å². The summed E-state index contributed by atoms with van der Waals surface area (Å²) in [4.78, 5) is 1.57. The average molecular weight is 495 g/mol. The van der Waals surface area contributed by atoms with Crippen molar-refractivity contribution in [3.05, 3.63) is 70.5 Å². The van der Waals surface area contributed by atoms with E-state index in [0.29, 0.717) is 12.2 Å². The number of aromatic nitrogens is 4. The SMILES string of the molecule is FC(F)(F)c1cc(N2CCc3ccccc3[C@@H]2c2nnnn2C2CCCCC2)cc(C(F)(F)F)c1. The van der Waals surface area contributed by atoms with Gasteiger partial charge in [0, 0.05) is 12.2 Å². The quantitative estimate of drug-likeness (QED) is 0.397. The number of benzene rings is 2. The number of alkyl halides is 6. The second-order valence-corrected chi connectivity index (χ2v) is 9.08. The highest BCUT2D eigenvalue weighted by molar-refractivity contribution is 5.58. The van der Waals surface area contributed by atoms with Gasteiger partial charge in [-0.2, -0.15) is 26.3 Å². The van der Waals surface area contributed by atoms with Gasteiger partial charge in [0.25, 0.3) is 0 Å². The minimum Gasteiger partial charge on any atom is -0.357 e. The molecule has 0 unspecified atom stereocenters. The van der Waals surface area contributed by atoms with Gasteiger partial charge in [-0.3, -0.25) is 0 Å². The molecule has 5 rings (SSSR count). The first-order valence-electron chi connectivity index (χ1n) is 11.5. The highest BCUT2D eigenvalue weighted by Crippen LogP contribution is 2.43. The van der Waals surface area contributed by atoms with Crippen LogP contribution in [0.1, 0.15) is 72.3 Å². The molecule has 11 heteroatoms. The lowest BCUT2D eigenvalue weighted by molar-refractivity contribution is -0.143. The number of hydrogen-bond donors (Lipinski definition) is 0. The van der Waals surface area contributed by atoms with E-state index in [2.05, 4.69) is 15.5 Å². The monoisotopic (exact) mass is 495 g/mol. The van der Waals surface area contributed by atoms with Crippen LogP contribution in [0.5, 0.6) is 0 Å². The third-order valence-electron chi connectivity index (χ3n) is 6.87. The Morgan fingerprint density at radius 3 is 2.14 bits per heavy atom. The van der Waals surface area contributed by atoms with Crippen molar-refractivity contribution in [1.29, 1.82) is 0 Å². The van der Waals surface area contributed by atoms with Crippen LogP contribution in [0.15, 0.2) is 42.5 Å². The second kappa shape index (κ2) is 8.83. The summed E-state index contributed by atoms with van der Waals surface area (Å²) < 4.78 is 83.3. The molecule has 186 valence electrons. The van der Waals surface area contributed by atoms with Crippen LogP contribution in [0, 0.1) is 0 Å². The third-order valence-corrected chi connectivity index (χ3v) is 6.87. The van der Waals surface area contributed by atoms with E-state index in [1.54, 1.807) is 15.6 Å². The summed E-state index contributed by atoms with van der Waals surface area (Å²) in [6.45, 7) is 0.220. The van der Waals surface area contributed by atoms with E-state index in [0.717, 1.165) is 55.4 Å². The molecule has 5 nitrogen and oxygen atoms in total. The summed E-state index contributed by atoms with van der Waals surface area (Å²) >= 11 is 0. The summed E-state index contributed by atoms with van der Waals surface area (Å²) in [6, 6.07) is 8.46. The molecule has 0 bridgehead atoms. The Kier molecular flexibility index (Phi) is 5.96. The van der Waals surface area contributed by atoms with Crippen LogP contribution in [-0.2, 0) is 18.8 Å². The fourth-order valence-corrected chi connectivity index (χ4v) is 5.19. The minimum absolute atomic E-state index is 0.0388. The molecule has 35 heavy (non-hydrogen) atoms. The molecule has 1 aliphatic carbocycles. The fraction of sp³-hybridized carbons (Fsp3) is 0.458. The summed E-state index contributed by atoms with van der Waals surface area (Å²) in [5.41, 5.74) is -1.10. The Labute approximate surface area is 197 Å². The number of fused-ring (bicyclic) bond motifs is 1. The Hall–Kier alpha value is -3.11. The molecule has 0 amide bonds. The van der Waals surface area contributed by atoms with Crippen LogP contribution < -0.4 is 4.90 Å². The molecule has 0 spiro atoms. The number of hydrogen-bond acceptors (Lipinski definition) is 4. The van der Waals surface area contributed by atoms with Gasteiger partial charge >= 0.3 is 12.4 Å².